The lowest BCUT2D eigenvalue weighted by atomic mass is 9.74. The van der Waals surface area contributed by atoms with E-state index in [-0.39, 0.29) is 5.92 Å². The summed E-state index contributed by atoms with van der Waals surface area (Å²) in [6.45, 7) is 2.49. The number of nitrogens with two attached hydrogens (primary N) is 1. The van der Waals surface area contributed by atoms with Gasteiger partial charge < -0.3 is 15.4 Å². The monoisotopic (exact) mass is 196 g/mol. The van der Waals surface area contributed by atoms with Gasteiger partial charge in [-0.3, -0.25) is 0 Å². The lowest BCUT2D eigenvalue weighted by molar-refractivity contribution is -0.0554. The second-order valence-electron chi connectivity index (χ2n) is 4.08. The molecule has 1 aliphatic carbocycles. The van der Waals surface area contributed by atoms with E-state index in [2.05, 4.69) is 5.16 Å². The molecule has 1 heterocycles. The van der Waals surface area contributed by atoms with Gasteiger partial charge in [0, 0.05) is 5.56 Å². The first-order valence-electron chi connectivity index (χ1n) is 5.05. The zero-order valence-electron chi connectivity index (χ0n) is 8.36. The number of aromatic nitrogens is 1. The number of hydrogen-bond donors (Lipinski definition) is 2. The van der Waals surface area contributed by atoms with Crippen molar-refractivity contribution < 1.29 is 9.63 Å². The molecule has 2 atom stereocenters. The molecule has 1 aromatic rings. The molecule has 2 unspecified atom stereocenters. The van der Waals surface area contributed by atoms with Crippen molar-refractivity contribution in [1.29, 1.82) is 0 Å². The largest absolute Gasteiger partial charge is 0.381 e. The lowest BCUT2D eigenvalue weighted by Crippen LogP contribution is -2.39. The Kier molecular flexibility index (Phi) is 2.33. The van der Waals surface area contributed by atoms with E-state index in [1.807, 2.05) is 6.92 Å². The quantitative estimate of drug-likeness (QED) is 0.733. The van der Waals surface area contributed by atoms with E-state index in [1.54, 1.807) is 6.20 Å². The van der Waals surface area contributed by atoms with Crippen LogP contribution in [0.3, 0.4) is 0 Å². The van der Waals surface area contributed by atoms with Crippen LogP contribution in [0, 0.1) is 5.92 Å². The second-order valence-corrected chi connectivity index (χ2v) is 4.08. The third-order valence-electron chi connectivity index (χ3n) is 3.22. The summed E-state index contributed by atoms with van der Waals surface area (Å²) in [5.74, 6) is 0.813. The number of aliphatic hydroxyl groups is 1. The molecule has 0 amide bonds. The highest BCUT2D eigenvalue weighted by atomic mass is 16.5. The summed E-state index contributed by atoms with van der Waals surface area (Å²) < 4.78 is 5.14. The topological polar surface area (TPSA) is 72.3 Å². The van der Waals surface area contributed by atoms with Gasteiger partial charge in [-0.2, -0.15) is 0 Å². The van der Waals surface area contributed by atoms with Crippen LogP contribution in [-0.4, -0.2) is 16.8 Å². The van der Waals surface area contributed by atoms with Crippen molar-refractivity contribution in [3.8, 4) is 0 Å². The van der Waals surface area contributed by atoms with Gasteiger partial charge in [-0.1, -0.05) is 12.1 Å². The Morgan fingerprint density at radius 1 is 1.79 bits per heavy atom. The molecule has 3 N–H and O–H groups in total. The number of aryl methyl sites for hydroxylation is 1. The zero-order valence-corrected chi connectivity index (χ0v) is 8.36. The van der Waals surface area contributed by atoms with Crippen molar-refractivity contribution in [2.45, 2.75) is 31.8 Å². The molecule has 1 aromatic heterocycles. The molecular weight excluding hydrogens is 180 g/mol. The van der Waals surface area contributed by atoms with E-state index in [0.717, 1.165) is 18.4 Å². The first-order valence-corrected chi connectivity index (χ1v) is 5.05. The van der Waals surface area contributed by atoms with Gasteiger partial charge in [0.05, 0.1) is 6.20 Å². The van der Waals surface area contributed by atoms with Crippen molar-refractivity contribution in [3.63, 3.8) is 0 Å². The Bertz CT molecular complexity index is 324. The maximum Gasteiger partial charge on any atom is 0.171 e. The lowest BCUT2D eigenvalue weighted by Gasteiger charge is -2.35. The van der Waals surface area contributed by atoms with Gasteiger partial charge in [-0.25, -0.2) is 0 Å². The summed E-state index contributed by atoms with van der Waals surface area (Å²) in [6, 6.07) is 0. The SMILES string of the molecule is CC1CCc2cnoc2C1(O)CCN. The van der Waals surface area contributed by atoms with Crippen molar-refractivity contribution >= 4 is 0 Å². The molecular formula is C10H16N2O2. The third kappa shape index (κ3) is 1.26. The molecule has 0 spiro atoms. The summed E-state index contributed by atoms with van der Waals surface area (Å²) in [7, 11) is 0. The molecule has 4 nitrogen and oxygen atoms in total. The molecule has 0 fully saturated rings. The maximum atomic E-state index is 10.5. The van der Waals surface area contributed by atoms with Crippen molar-refractivity contribution in [2.75, 3.05) is 6.54 Å². The molecule has 0 aromatic carbocycles. The minimum atomic E-state index is -0.904. The predicted molar refractivity (Wildman–Crippen MR) is 51.6 cm³/mol. The molecule has 0 aliphatic heterocycles. The molecule has 2 rings (SSSR count). The number of rotatable bonds is 2. The fourth-order valence-corrected chi connectivity index (χ4v) is 2.21. The van der Waals surface area contributed by atoms with Gasteiger partial charge in [0.1, 0.15) is 5.60 Å². The van der Waals surface area contributed by atoms with Crippen molar-refractivity contribution in [1.82, 2.24) is 5.16 Å². The molecule has 0 bridgehead atoms. The summed E-state index contributed by atoms with van der Waals surface area (Å²) in [5, 5.41) is 14.2. The average Bonchev–Trinajstić information content (AvgIpc) is 2.61. The molecule has 0 saturated carbocycles. The minimum absolute atomic E-state index is 0.187. The van der Waals surface area contributed by atoms with E-state index < -0.39 is 5.60 Å². The Labute approximate surface area is 83.1 Å². The smallest absolute Gasteiger partial charge is 0.171 e. The molecule has 14 heavy (non-hydrogen) atoms. The van der Waals surface area contributed by atoms with Crippen LogP contribution in [-0.2, 0) is 12.0 Å². The van der Waals surface area contributed by atoms with E-state index in [0.29, 0.717) is 18.7 Å². The van der Waals surface area contributed by atoms with Gasteiger partial charge >= 0.3 is 0 Å². The zero-order chi connectivity index (χ0) is 10.2. The number of nitrogens with zero attached hydrogens (tertiary/aromatic N) is 1. The highest BCUT2D eigenvalue weighted by molar-refractivity contribution is 5.24. The third-order valence-corrected chi connectivity index (χ3v) is 3.22. The highest BCUT2D eigenvalue weighted by Gasteiger charge is 2.43. The van der Waals surface area contributed by atoms with E-state index in [9.17, 15) is 5.11 Å². The fraction of sp³-hybridized carbons (Fsp3) is 0.700. The Morgan fingerprint density at radius 3 is 3.29 bits per heavy atom. The standard InChI is InChI=1S/C10H16N2O2/c1-7-2-3-8-6-12-14-9(8)10(7,13)4-5-11/h6-7,13H,2-5,11H2,1H3. The molecule has 1 aliphatic rings. The van der Waals surface area contributed by atoms with E-state index in [4.69, 9.17) is 10.3 Å². The first-order chi connectivity index (χ1) is 6.68. The Hall–Kier alpha value is -0.870. The first kappa shape index (κ1) is 9.68. The molecule has 78 valence electrons. The number of fused-ring (bicyclic) bond motifs is 1. The van der Waals surface area contributed by atoms with Gasteiger partial charge in [0.25, 0.3) is 0 Å². The van der Waals surface area contributed by atoms with Gasteiger partial charge in [0.15, 0.2) is 5.76 Å². The van der Waals surface area contributed by atoms with Crippen LogP contribution >= 0.6 is 0 Å². The number of hydrogen-bond acceptors (Lipinski definition) is 4. The Balaban J connectivity index is 2.40. The maximum absolute atomic E-state index is 10.5. The Morgan fingerprint density at radius 2 is 2.57 bits per heavy atom. The van der Waals surface area contributed by atoms with E-state index >= 15 is 0 Å². The van der Waals surface area contributed by atoms with Crippen molar-refractivity contribution in [3.05, 3.63) is 17.5 Å². The highest BCUT2D eigenvalue weighted by Crippen LogP contribution is 2.41. The van der Waals surface area contributed by atoms with Crippen LogP contribution in [0.4, 0.5) is 0 Å². The summed E-state index contributed by atoms with van der Waals surface area (Å²) in [6.07, 6.45) is 4.14. The average molecular weight is 196 g/mol. The summed E-state index contributed by atoms with van der Waals surface area (Å²) in [4.78, 5) is 0. The van der Waals surface area contributed by atoms with Gasteiger partial charge in [0.2, 0.25) is 0 Å². The molecule has 4 heteroatoms. The van der Waals surface area contributed by atoms with Crippen LogP contribution < -0.4 is 5.73 Å². The van der Waals surface area contributed by atoms with Crippen LogP contribution in [0.1, 0.15) is 31.1 Å². The normalized spacial score (nSPS) is 31.5. The molecule has 0 radical (unpaired) electrons. The van der Waals surface area contributed by atoms with Gasteiger partial charge in [-0.05, 0) is 31.7 Å². The summed E-state index contributed by atoms with van der Waals surface area (Å²) >= 11 is 0. The summed E-state index contributed by atoms with van der Waals surface area (Å²) in [5.41, 5.74) is 5.63. The fourth-order valence-electron chi connectivity index (χ4n) is 2.21. The van der Waals surface area contributed by atoms with Crippen LogP contribution in [0.2, 0.25) is 0 Å². The van der Waals surface area contributed by atoms with Crippen LogP contribution in [0.25, 0.3) is 0 Å². The van der Waals surface area contributed by atoms with Crippen LogP contribution in [0.15, 0.2) is 10.7 Å². The minimum Gasteiger partial charge on any atom is -0.381 e. The van der Waals surface area contributed by atoms with Crippen molar-refractivity contribution in [2.24, 2.45) is 11.7 Å². The van der Waals surface area contributed by atoms with E-state index in [1.165, 1.54) is 0 Å². The predicted octanol–water partition coefficient (Wildman–Crippen LogP) is 0.793. The second kappa shape index (κ2) is 3.37. The van der Waals surface area contributed by atoms with Crippen LogP contribution in [0.5, 0.6) is 0 Å². The van der Waals surface area contributed by atoms with Gasteiger partial charge in [-0.15, -0.1) is 0 Å². The molecule has 0 saturated heterocycles.